The van der Waals surface area contributed by atoms with Crippen LogP contribution in [0.1, 0.15) is 22.7 Å². The predicted octanol–water partition coefficient (Wildman–Crippen LogP) is 5.10. The van der Waals surface area contributed by atoms with Gasteiger partial charge in [0.25, 0.3) is 5.91 Å². The SMILES string of the molecule is O=C(c1ccc(Cn2cccn2)o1)N1CCCSC1=Nc1ccc(Cl)c(Cl)c1. The molecule has 0 spiro atoms. The maximum atomic E-state index is 13.0. The van der Waals surface area contributed by atoms with Crippen molar-refractivity contribution in [1.29, 1.82) is 0 Å². The first kappa shape index (κ1) is 19.1. The number of benzene rings is 1. The molecule has 144 valence electrons. The van der Waals surface area contributed by atoms with Crippen LogP contribution < -0.4 is 0 Å². The highest BCUT2D eigenvalue weighted by atomic mass is 35.5. The van der Waals surface area contributed by atoms with Crippen molar-refractivity contribution in [1.82, 2.24) is 14.7 Å². The monoisotopic (exact) mass is 434 g/mol. The van der Waals surface area contributed by atoms with Gasteiger partial charge >= 0.3 is 0 Å². The van der Waals surface area contributed by atoms with Gasteiger partial charge in [-0.2, -0.15) is 5.10 Å². The van der Waals surface area contributed by atoms with Gasteiger partial charge in [-0.1, -0.05) is 35.0 Å². The van der Waals surface area contributed by atoms with Gasteiger partial charge in [-0.15, -0.1) is 0 Å². The zero-order chi connectivity index (χ0) is 19.5. The highest BCUT2D eigenvalue weighted by molar-refractivity contribution is 8.13. The number of aliphatic imine (C=N–C) groups is 1. The van der Waals surface area contributed by atoms with Crippen molar-refractivity contribution in [2.24, 2.45) is 4.99 Å². The molecule has 28 heavy (non-hydrogen) atoms. The van der Waals surface area contributed by atoms with Crippen molar-refractivity contribution >= 4 is 51.7 Å². The Balaban J connectivity index is 1.55. The van der Waals surface area contributed by atoms with E-state index < -0.39 is 0 Å². The number of halogens is 2. The molecule has 0 saturated carbocycles. The van der Waals surface area contributed by atoms with E-state index in [4.69, 9.17) is 27.6 Å². The minimum Gasteiger partial charge on any atom is -0.454 e. The summed E-state index contributed by atoms with van der Waals surface area (Å²) >= 11 is 13.6. The fourth-order valence-corrected chi connectivity index (χ4v) is 4.02. The zero-order valence-corrected chi connectivity index (χ0v) is 17.0. The zero-order valence-electron chi connectivity index (χ0n) is 14.7. The minimum atomic E-state index is -0.210. The number of carbonyl (C=O) groups excluding carboxylic acids is 1. The summed E-state index contributed by atoms with van der Waals surface area (Å²) in [5.41, 5.74) is 0.649. The van der Waals surface area contributed by atoms with Crippen LogP contribution in [0.15, 0.2) is 58.2 Å². The van der Waals surface area contributed by atoms with E-state index in [0.29, 0.717) is 39.8 Å². The van der Waals surface area contributed by atoms with E-state index in [-0.39, 0.29) is 11.7 Å². The lowest BCUT2D eigenvalue weighted by molar-refractivity contribution is 0.0816. The first-order valence-corrected chi connectivity index (χ1v) is 10.4. The molecule has 0 bridgehead atoms. The smallest absolute Gasteiger partial charge is 0.295 e. The lowest BCUT2D eigenvalue weighted by atomic mass is 10.3. The molecule has 1 fully saturated rings. The molecule has 1 aromatic carbocycles. The molecule has 2 aromatic heterocycles. The number of aromatic nitrogens is 2. The average Bonchev–Trinajstić information content (AvgIpc) is 3.37. The van der Waals surface area contributed by atoms with Gasteiger partial charge in [0.1, 0.15) is 5.76 Å². The first-order valence-electron chi connectivity index (χ1n) is 8.65. The van der Waals surface area contributed by atoms with Crippen LogP contribution in [0, 0.1) is 0 Å². The summed E-state index contributed by atoms with van der Waals surface area (Å²) in [5, 5.41) is 5.67. The highest BCUT2D eigenvalue weighted by Crippen LogP contribution is 2.29. The van der Waals surface area contributed by atoms with Crippen LogP contribution in [-0.4, -0.2) is 38.1 Å². The third-order valence-electron chi connectivity index (χ3n) is 4.11. The first-order chi connectivity index (χ1) is 13.6. The molecule has 9 heteroatoms. The third kappa shape index (κ3) is 4.27. The van der Waals surface area contributed by atoms with Crippen LogP contribution in [0.3, 0.4) is 0 Å². The number of furan rings is 1. The van der Waals surface area contributed by atoms with E-state index in [9.17, 15) is 4.79 Å². The second kappa shape index (κ2) is 8.43. The summed E-state index contributed by atoms with van der Waals surface area (Å²) in [6.45, 7) is 1.06. The Labute approximate surface area is 176 Å². The van der Waals surface area contributed by atoms with Crippen LogP contribution in [0.5, 0.6) is 0 Å². The molecule has 0 unspecified atom stereocenters. The molecule has 1 amide bonds. The van der Waals surface area contributed by atoms with E-state index in [0.717, 1.165) is 12.2 Å². The van der Waals surface area contributed by atoms with Gasteiger partial charge in [-0.25, -0.2) is 4.99 Å². The van der Waals surface area contributed by atoms with Crippen LogP contribution in [0.2, 0.25) is 10.0 Å². The van der Waals surface area contributed by atoms with Gasteiger partial charge in [0.15, 0.2) is 10.9 Å². The third-order valence-corrected chi connectivity index (χ3v) is 5.91. The summed E-state index contributed by atoms with van der Waals surface area (Å²) in [4.78, 5) is 19.3. The van der Waals surface area contributed by atoms with Gasteiger partial charge in [0.2, 0.25) is 0 Å². The molecule has 0 atom stereocenters. The quantitative estimate of drug-likeness (QED) is 0.572. The van der Waals surface area contributed by atoms with Gasteiger partial charge in [-0.3, -0.25) is 14.4 Å². The second-order valence-electron chi connectivity index (χ2n) is 6.12. The summed E-state index contributed by atoms with van der Waals surface area (Å²) in [6.07, 6.45) is 4.43. The van der Waals surface area contributed by atoms with Crippen LogP contribution in [0.25, 0.3) is 0 Å². The molecule has 0 radical (unpaired) electrons. The molecule has 1 saturated heterocycles. The Morgan fingerprint density at radius 3 is 2.93 bits per heavy atom. The number of amides is 1. The van der Waals surface area contributed by atoms with Crippen molar-refractivity contribution in [3.8, 4) is 0 Å². The Kier molecular flexibility index (Phi) is 5.75. The maximum Gasteiger partial charge on any atom is 0.295 e. The van der Waals surface area contributed by atoms with Crippen molar-refractivity contribution < 1.29 is 9.21 Å². The van der Waals surface area contributed by atoms with E-state index in [1.165, 1.54) is 11.8 Å². The molecular weight excluding hydrogens is 419 g/mol. The topological polar surface area (TPSA) is 63.6 Å². The van der Waals surface area contributed by atoms with Crippen LogP contribution in [-0.2, 0) is 6.54 Å². The molecule has 1 aliphatic rings. The van der Waals surface area contributed by atoms with E-state index in [1.54, 1.807) is 46.1 Å². The fourth-order valence-electron chi connectivity index (χ4n) is 2.77. The van der Waals surface area contributed by atoms with Gasteiger partial charge in [-0.05, 0) is 42.8 Å². The van der Waals surface area contributed by atoms with Crippen molar-refractivity contribution in [2.75, 3.05) is 12.3 Å². The average molecular weight is 435 g/mol. The molecule has 3 heterocycles. The van der Waals surface area contributed by atoms with Crippen molar-refractivity contribution in [2.45, 2.75) is 13.0 Å². The molecule has 3 aromatic rings. The number of amidine groups is 1. The molecule has 0 N–H and O–H groups in total. The predicted molar refractivity (Wildman–Crippen MR) is 112 cm³/mol. The van der Waals surface area contributed by atoms with E-state index >= 15 is 0 Å². The number of hydrogen-bond acceptors (Lipinski definition) is 5. The Morgan fingerprint density at radius 1 is 1.25 bits per heavy atom. The fraction of sp³-hybridized carbons (Fsp3) is 0.211. The normalized spacial score (nSPS) is 15.9. The van der Waals surface area contributed by atoms with E-state index in [1.807, 2.05) is 12.3 Å². The summed E-state index contributed by atoms with van der Waals surface area (Å²) in [5.74, 6) is 1.64. The second-order valence-corrected chi connectivity index (χ2v) is 8.00. The van der Waals surface area contributed by atoms with E-state index in [2.05, 4.69) is 10.1 Å². The van der Waals surface area contributed by atoms with Crippen molar-refractivity contribution in [3.63, 3.8) is 0 Å². The highest BCUT2D eigenvalue weighted by Gasteiger charge is 2.27. The standard InChI is InChI=1S/C19H16Cl2N4O2S/c20-15-5-3-13(11-16(15)21)23-19-25(9-2-10-28-19)18(26)17-6-4-14(27-17)12-24-8-1-7-22-24/h1,3-8,11H,2,9-10,12H2. The van der Waals surface area contributed by atoms with Crippen LogP contribution >= 0.6 is 35.0 Å². The lowest BCUT2D eigenvalue weighted by Gasteiger charge is -2.27. The number of thioether (sulfide) groups is 1. The number of rotatable bonds is 4. The minimum absolute atomic E-state index is 0.210. The Morgan fingerprint density at radius 2 is 2.14 bits per heavy atom. The number of nitrogens with zero attached hydrogens (tertiary/aromatic N) is 4. The Bertz CT molecular complexity index is 1020. The van der Waals surface area contributed by atoms with Gasteiger partial charge in [0, 0.05) is 24.7 Å². The lowest BCUT2D eigenvalue weighted by Crippen LogP contribution is -2.39. The molecular formula is C19H16Cl2N4O2S. The molecule has 1 aliphatic heterocycles. The number of carbonyl (C=O) groups is 1. The molecule has 6 nitrogen and oxygen atoms in total. The van der Waals surface area contributed by atoms with Gasteiger partial charge < -0.3 is 4.42 Å². The summed E-state index contributed by atoms with van der Waals surface area (Å²) in [6, 6.07) is 10.5. The number of hydrogen-bond donors (Lipinski definition) is 0. The van der Waals surface area contributed by atoms with Crippen LogP contribution in [0.4, 0.5) is 5.69 Å². The largest absolute Gasteiger partial charge is 0.454 e. The van der Waals surface area contributed by atoms with Gasteiger partial charge in [0.05, 0.1) is 22.3 Å². The summed E-state index contributed by atoms with van der Waals surface area (Å²) in [7, 11) is 0. The summed E-state index contributed by atoms with van der Waals surface area (Å²) < 4.78 is 7.49. The van der Waals surface area contributed by atoms with Crippen molar-refractivity contribution in [3.05, 3.63) is 70.4 Å². The Hall–Kier alpha value is -2.22. The molecule has 0 aliphatic carbocycles. The maximum absolute atomic E-state index is 13.0. The molecule has 4 rings (SSSR count).